The van der Waals surface area contributed by atoms with Crippen LogP contribution in [0.2, 0.25) is 5.02 Å². The highest BCUT2D eigenvalue weighted by molar-refractivity contribution is 7.99. The summed E-state index contributed by atoms with van der Waals surface area (Å²) in [6.07, 6.45) is 1.62. The van der Waals surface area contributed by atoms with Gasteiger partial charge in [-0.25, -0.2) is 4.98 Å². The van der Waals surface area contributed by atoms with Crippen molar-refractivity contribution in [1.29, 1.82) is 0 Å². The van der Waals surface area contributed by atoms with Gasteiger partial charge in [-0.05, 0) is 17.7 Å². The number of amides is 1. The van der Waals surface area contributed by atoms with E-state index in [0.29, 0.717) is 21.9 Å². The van der Waals surface area contributed by atoms with Gasteiger partial charge in [-0.15, -0.1) is 21.5 Å². The van der Waals surface area contributed by atoms with E-state index in [1.54, 1.807) is 15.8 Å². The number of thiazole rings is 1. The second-order valence-electron chi connectivity index (χ2n) is 6.50. The van der Waals surface area contributed by atoms with Crippen LogP contribution in [0.4, 0.5) is 5.13 Å². The number of aromatic nitrogens is 4. The third-order valence-electron chi connectivity index (χ3n) is 4.34. The SMILES string of the molecule is Cn1cnnc1SCC(=O)N(Cc1ccccc1)c1nc(-c2ccc(Cl)cc2)cs1. The number of carbonyl (C=O) groups excluding carboxylic acids is 1. The molecule has 0 spiro atoms. The lowest BCUT2D eigenvalue weighted by atomic mass is 10.2. The van der Waals surface area contributed by atoms with Gasteiger partial charge in [0.05, 0.1) is 18.0 Å². The first-order valence-electron chi connectivity index (χ1n) is 9.13. The fourth-order valence-electron chi connectivity index (χ4n) is 2.78. The molecule has 0 aliphatic carbocycles. The van der Waals surface area contributed by atoms with E-state index in [0.717, 1.165) is 16.8 Å². The molecule has 0 fully saturated rings. The van der Waals surface area contributed by atoms with Gasteiger partial charge in [-0.3, -0.25) is 9.69 Å². The predicted molar refractivity (Wildman–Crippen MR) is 122 cm³/mol. The lowest BCUT2D eigenvalue weighted by Crippen LogP contribution is -2.32. The maximum atomic E-state index is 13.1. The number of hydrogen-bond acceptors (Lipinski definition) is 6. The van der Waals surface area contributed by atoms with Gasteiger partial charge >= 0.3 is 0 Å². The molecule has 30 heavy (non-hydrogen) atoms. The van der Waals surface area contributed by atoms with Crippen molar-refractivity contribution < 1.29 is 4.79 Å². The molecular formula is C21H18ClN5OS2. The maximum Gasteiger partial charge on any atom is 0.239 e. The molecule has 0 aliphatic rings. The highest BCUT2D eigenvalue weighted by Crippen LogP contribution is 2.30. The van der Waals surface area contributed by atoms with Crippen molar-refractivity contribution in [1.82, 2.24) is 19.7 Å². The summed E-state index contributed by atoms with van der Waals surface area (Å²) in [6, 6.07) is 17.4. The average Bonchev–Trinajstić information content (AvgIpc) is 3.41. The van der Waals surface area contributed by atoms with Crippen LogP contribution in [0.5, 0.6) is 0 Å². The number of halogens is 1. The number of nitrogens with zero attached hydrogens (tertiary/aromatic N) is 5. The molecule has 0 radical (unpaired) electrons. The molecule has 1 amide bonds. The molecule has 0 saturated carbocycles. The molecule has 4 aromatic rings. The van der Waals surface area contributed by atoms with Gasteiger partial charge in [0.1, 0.15) is 6.33 Å². The van der Waals surface area contributed by atoms with Crippen LogP contribution in [0, 0.1) is 0 Å². The highest BCUT2D eigenvalue weighted by atomic mass is 35.5. The molecule has 152 valence electrons. The Hall–Kier alpha value is -2.68. The summed E-state index contributed by atoms with van der Waals surface area (Å²) in [4.78, 5) is 19.6. The van der Waals surface area contributed by atoms with Crippen molar-refractivity contribution in [2.45, 2.75) is 11.7 Å². The van der Waals surface area contributed by atoms with Crippen LogP contribution in [-0.4, -0.2) is 31.4 Å². The smallest absolute Gasteiger partial charge is 0.239 e. The largest absolute Gasteiger partial charge is 0.312 e. The Bertz CT molecular complexity index is 1130. The molecule has 9 heteroatoms. The zero-order valence-electron chi connectivity index (χ0n) is 16.1. The van der Waals surface area contributed by atoms with Gasteiger partial charge in [0.15, 0.2) is 10.3 Å². The number of anilines is 1. The minimum atomic E-state index is -0.0381. The molecule has 2 heterocycles. The Labute approximate surface area is 187 Å². The molecule has 0 N–H and O–H groups in total. The molecule has 0 saturated heterocycles. The minimum absolute atomic E-state index is 0.0381. The first kappa shape index (κ1) is 20.6. The lowest BCUT2D eigenvalue weighted by Gasteiger charge is -2.20. The Balaban J connectivity index is 1.57. The van der Waals surface area contributed by atoms with Gasteiger partial charge in [0.2, 0.25) is 5.91 Å². The number of aryl methyl sites for hydroxylation is 1. The van der Waals surface area contributed by atoms with Crippen LogP contribution in [0.3, 0.4) is 0 Å². The average molecular weight is 456 g/mol. The number of thioether (sulfide) groups is 1. The Morgan fingerprint density at radius 2 is 1.93 bits per heavy atom. The summed E-state index contributed by atoms with van der Waals surface area (Å²) in [5.41, 5.74) is 2.82. The molecular weight excluding hydrogens is 438 g/mol. The third-order valence-corrected chi connectivity index (χ3v) is 6.48. The van der Waals surface area contributed by atoms with E-state index in [4.69, 9.17) is 16.6 Å². The van der Waals surface area contributed by atoms with E-state index in [-0.39, 0.29) is 11.7 Å². The standard InChI is InChI=1S/C21H18ClN5OS2/c1-26-14-23-25-21(26)30-13-19(28)27(11-15-5-3-2-4-6-15)20-24-18(12-29-20)16-7-9-17(22)10-8-16/h2-10,12,14H,11,13H2,1H3. The molecule has 0 bridgehead atoms. The molecule has 6 nitrogen and oxygen atoms in total. The summed E-state index contributed by atoms with van der Waals surface area (Å²) >= 11 is 8.80. The van der Waals surface area contributed by atoms with Crippen molar-refractivity contribution in [3.8, 4) is 11.3 Å². The Kier molecular flexibility index (Phi) is 6.47. The van der Waals surface area contributed by atoms with Crippen molar-refractivity contribution in [3.63, 3.8) is 0 Å². The summed E-state index contributed by atoms with van der Waals surface area (Å²) in [6.45, 7) is 0.451. The van der Waals surface area contributed by atoms with E-state index in [2.05, 4.69) is 10.2 Å². The number of benzene rings is 2. The van der Waals surface area contributed by atoms with E-state index in [9.17, 15) is 4.79 Å². The Morgan fingerprint density at radius 1 is 1.17 bits per heavy atom. The molecule has 0 aliphatic heterocycles. The van der Waals surface area contributed by atoms with Gasteiger partial charge in [-0.1, -0.05) is 65.8 Å². The maximum absolute atomic E-state index is 13.1. The van der Waals surface area contributed by atoms with E-state index >= 15 is 0 Å². The van der Waals surface area contributed by atoms with Gasteiger partial charge in [0, 0.05) is 23.0 Å². The Morgan fingerprint density at radius 3 is 2.63 bits per heavy atom. The zero-order chi connectivity index (χ0) is 20.9. The quantitative estimate of drug-likeness (QED) is 0.370. The van der Waals surface area contributed by atoms with E-state index in [1.165, 1.54) is 23.1 Å². The monoisotopic (exact) mass is 455 g/mol. The normalized spacial score (nSPS) is 10.9. The van der Waals surface area contributed by atoms with Crippen LogP contribution in [0.25, 0.3) is 11.3 Å². The molecule has 4 rings (SSSR count). The van der Waals surface area contributed by atoms with Gasteiger partial charge in [-0.2, -0.15) is 0 Å². The van der Waals surface area contributed by atoms with E-state index in [1.807, 2.05) is 67.0 Å². The van der Waals surface area contributed by atoms with Crippen LogP contribution in [0.15, 0.2) is 71.5 Å². The van der Waals surface area contributed by atoms with Gasteiger partial charge < -0.3 is 4.57 Å². The van der Waals surface area contributed by atoms with Crippen molar-refractivity contribution in [2.24, 2.45) is 7.05 Å². The minimum Gasteiger partial charge on any atom is -0.312 e. The van der Waals surface area contributed by atoms with Crippen molar-refractivity contribution >= 4 is 45.7 Å². The summed E-state index contributed by atoms with van der Waals surface area (Å²) < 4.78 is 1.79. The van der Waals surface area contributed by atoms with E-state index < -0.39 is 0 Å². The first-order valence-corrected chi connectivity index (χ1v) is 11.4. The fraction of sp³-hybridized carbons (Fsp3) is 0.143. The van der Waals surface area contributed by atoms with Crippen LogP contribution >= 0.6 is 34.7 Å². The van der Waals surface area contributed by atoms with Crippen molar-refractivity contribution in [3.05, 3.63) is 76.9 Å². The first-order chi connectivity index (χ1) is 14.6. The summed E-state index contributed by atoms with van der Waals surface area (Å²) in [5, 5.41) is 11.9. The highest BCUT2D eigenvalue weighted by Gasteiger charge is 2.21. The molecule has 2 aromatic carbocycles. The summed E-state index contributed by atoms with van der Waals surface area (Å²) in [7, 11) is 1.85. The van der Waals surface area contributed by atoms with Crippen molar-refractivity contribution in [2.75, 3.05) is 10.7 Å². The zero-order valence-corrected chi connectivity index (χ0v) is 18.5. The van der Waals surface area contributed by atoms with Crippen LogP contribution < -0.4 is 4.90 Å². The second-order valence-corrected chi connectivity index (χ2v) is 8.72. The molecule has 2 aromatic heterocycles. The van der Waals surface area contributed by atoms with Gasteiger partial charge in [0.25, 0.3) is 0 Å². The predicted octanol–water partition coefficient (Wildman–Crippen LogP) is 4.92. The lowest BCUT2D eigenvalue weighted by molar-refractivity contribution is -0.116. The number of carbonyl (C=O) groups is 1. The van der Waals surface area contributed by atoms with Crippen LogP contribution in [0.1, 0.15) is 5.56 Å². The summed E-state index contributed by atoms with van der Waals surface area (Å²) in [5.74, 6) is 0.207. The number of hydrogen-bond donors (Lipinski definition) is 0. The number of rotatable bonds is 7. The van der Waals surface area contributed by atoms with Crippen LogP contribution in [-0.2, 0) is 18.4 Å². The third kappa shape index (κ3) is 4.89. The second kappa shape index (κ2) is 9.42. The molecule has 0 unspecified atom stereocenters. The fourth-order valence-corrected chi connectivity index (χ4v) is 4.52. The molecule has 0 atom stereocenters. The topological polar surface area (TPSA) is 63.9 Å².